The van der Waals surface area contributed by atoms with Gasteiger partial charge < -0.3 is 8.85 Å². The largest absolute Gasteiger partial charge is 0.535 e. The standard InChI is InChI=1S/C10H23NO3Si2/c1-9(13-15(2,3)4)11-8-10(12)14-16(5,6)7/h8H2,1-7H3. The van der Waals surface area contributed by atoms with Crippen molar-refractivity contribution in [2.24, 2.45) is 4.99 Å². The Balaban J connectivity index is 4.13. The Kier molecular flexibility index (Phi) is 5.41. The lowest BCUT2D eigenvalue weighted by Gasteiger charge is -2.19. The summed E-state index contributed by atoms with van der Waals surface area (Å²) in [6, 6.07) is 0. The first kappa shape index (κ1) is 15.4. The molecule has 0 N–H and O–H groups in total. The molecule has 0 radical (unpaired) electrons. The van der Waals surface area contributed by atoms with E-state index in [0.29, 0.717) is 5.90 Å². The van der Waals surface area contributed by atoms with Gasteiger partial charge in [-0.2, -0.15) is 0 Å². The molecule has 0 bridgehead atoms. The number of hydrogen-bond donors (Lipinski definition) is 0. The van der Waals surface area contributed by atoms with Gasteiger partial charge in [0, 0.05) is 6.92 Å². The monoisotopic (exact) mass is 261 g/mol. The van der Waals surface area contributed by atoms with Crippen LogP contribution in [0.15, 0.2) is 4.99 Å². The van der Waals surface area contributed by atoms with Gasteiger partial charge in [0.1, 0.15) is 6.54 Å². The summed E-state index contributed by atoms with van der Waals surface area (Å²) in [7, 11) is -3.40. The summed E-state index contributed by atoms with van der Waals surface area (Å²) in [4.78, 5) is 15.5. The lowest BCUT2D eigenvalue weighted by molar-refractivity contribution is -0.133. The Morgan fingerprint density at radius 3 is 1.81 bits per heavy atom. The third-order valence-corrected chi connectivity index (χ3v) is 3.05. The molecule has 0 aromatic rings. The zero-order valence-corrected chi connectivity index (χ0v) is 13.4. The average Bonchev–Trinajstić information content (AvgIpc) is 1.94. The van der Waals surface area contributed by atoms with E-state index in [2.05, 4.69) is 24.6 Å². The Hall–Kier alpha value is -0.626. The number of hydrogen-bond acceptors (Lipinski definition) is 4. The maximum Gasteiger partial charge on any atom is 0.314 e. The van der Waals surface area contributed by atoms with Gasteiger partial charge >= 0.3 is 5.97 Å². The molecular weight excluding hydrogens is 238 g/mol. The highest BCUT2D eigenvalue weighted by Gasteiger charge is 2.20. The summed E-state index contributed by atoms with van der Waals surface area (Å²) in [5.41, 5.74) is 0. The third kappa shape index (κ3) is 9.91. The normalized spacial score (nSPS) is 13.6. The van der Waals surface area contributed by atoms with E-state index < -0.39 is 16.6 Å². The van der Waals surface area contributed by atoms with E-state index in [9.17, 15) is 4.79 Å². The summed E-state index contributed by atoms with van der Waals surface area (Å²) in [5.74, 6) is 0.310. The van der Waals surface area contributed by atoms with E-state index >= 15 is 0 Å². The van der Waals surface area contributed by atoms with Crippen molar-refractivity contribution in [2.45, 2.75) is 46.2 Å². The maximum absolute atomic E-state index is 11.4. The van der Waals surface area contributed by atoms with Crippen molar-refractivity contribution in [3.05, 3.63) is 0 Å². The van der Waals surface area contributed by atoms with E-state index in [-0.39, 0.29) is 12.5 Å². The van der Waals surface area contributed by atoms with Crippen molar-refractivity contribution in [1.29, 1.82) is 0 Å². The lowest BCUT2D eigenvalue weighted by Crippen LogP contribution is -2.31. The Labute approximate surface area is 100 Å². The second-order valence-corrected chi connectivity index (χ2v) is 14.5. The second kappa shape index (κ2) is 5.63. The highest BCUT2D eigenvalue weighted by atomic mass is 28.4. The molecule has 0 saturated carbocycles. The smallest absolute Gasteiger partial charge is 0.314 e. The van der Waals surface area contributed by atoms with E-state index in [4.69, 9.17) is 8.85 Å². The van der Waals surface area contributed by atoms with E-state index in [1.165, 1.54) is 0 Å². The molecule has 0 aliphatic rings. The van der Waals surface area contributed by atoms with E-state index in [0.717, 1.165) is 0 Å². The van der Waals surface area contributed by atoms with E-state index in [1.54, 1.807) is 6.92 Å². The van der Waals surface area contributed by atoms with Gasteiger partial charge in [0.05, 0.1) is 0 Å². The minimum absolute atomic E-state index is 0.0561. The minimum Gasteiger partial charge on any atom is -0.535 e. The molecule has 0 spiro atoms. The molecule has 0 fully saturated rings. The van der Waals surface area contributed by atoms with Crippen LogP contribution in [0.2, 0.25) is 39.3 Å². The maximum atomic E-state index is 11.4. The van der Waals surface area contributed by atoms with Crippen LogP contribution in [0.3, 0.4) is 0 Å². The van der Waals surface area contributed by atoms with Crippen molar-refractivity contribution in [1.82, 2.24) is 0 Å². The Bertz CT molecular complexity index is 277. The zero-order valence-electron chi connectivity index (χ0n) is 11.4. The predicted octanol–water partition coefficient (Wildman–Crippen LogP) is 2.63. The average molecular weight is 261 g/mol. The SMILES string of the molecule is CC(=NCC(=O)O[Si](C)(C)C)O[Si](C)(C)C. The van der Waals surface area contributed by atoms with Crippen LogP contribution in [0.25, 0.3) is 0 Å². The fourth-order valence-electron chi connectivity index (χ4n) is 1.03. The van der Waals surface area contributed by atoms with Crippen LogP contribution in [0.5, 0.6) is 0 Å². The topological polar surface area (TPSA) is 47.9 Å². The quantitative estimate of drug-likeness (QED) is 0.444. The first-order valence-corrected chi connectivity index (χ1v) is 12.2. The summed E-state index contributed by atoms with van der Waals surface area (Å²) in [6.45, 7) is 14.0. The fraction of sp³-hybridized carbons (Fsp3) is 0.800. The van der Waals surface area contributed by atoms with Gasteiger partial charge in [0.15, 0.2) is 5.90 Å². The van der Waals surface area contributed by atoms with Gasteiger partial charge in [0.2, 0.25) is 16.6 Å². The van der Waals surface area contributed by atoms with Crippen molar-refractivity contribution < 1.29 is 13.6 Å². The van der Waals surface area contributed by atoms with E-state index in [1.807, 2.05) is 19.6 Å². The summed E-state index contributed by atoms with van der Waals surface area (Å²) in [5, 5.41) is 0. The molecule has 0 unspecified atom stereocenters. The van der Waals surface area contributed by atoms with Crippen molar-refractivity contribution in [3.63, 3.8) is 0 Å². The Morgan fingerprint density at radius 2 is 1.44 bits per heavy atom. The van der Waals surface area contributed by atoms with Gasteiger partial charge in [0.25, 0.3) is 0 Å². The molecule has 0 aliphatic heterocycles. The molecular formula is C10H23NO3Si2. The highest BCUT2D eigenvalue weighted by Crippen LogP contribution is 2.05. The van der Waals surface area contributed by atoms with Crippen LogP contribution in [-0.4, -0.2) is 35.0 Å². The Morgan fingerprint density at radius 1 is 1.00 bits per heavy atom. The van der Waals surface area contributed by atoms with Crippen molar-refractivity contribution in [2.75, 3.05) is 6.54 Å². The number of carbonyl (C=O) groups is 1. The number of carbonyl (C=O) groups excluding carboxylic acids is 1. The molecule has 4 nitrogen and oxygen atoms in total. The van der Waals surface area contributed by atoms with Gasteiger partial charge in [-0.25, -0.2) is 4.99 Å². The molecule has 0 atom stereocenters. The van der Waals surface area contributed by atoms with Crippen molar-refractivity contribution in [3.8, 4) is 0 Å². The zero-order chi connectivity index (χ0) is 13.0. The van der Waals surface area contributed by atoms with Crippen LogP contribution < -0.4 is 0 Å². The molecule has 6 heteroatoms. The summed E-state index contributed by atoms with van der Waals surface area (Å²) < 4.78 is 10.9. The van der Waals surface area contributed by atoms with Gasteiger partial charge in [-0.05, 0) is 39.3 Å². The molecule has 0 aromatic heterocycles. The van der Waals surface area contributed by atoms with Crippen molar-refractivity contribution >= 4 is 28.5 Å². The number of aliphatic imine (C=N–C) groups is 1. The summed E-state index contributed by atoms with van der Waals surface area (Å²) in [6.07, 6.45) is 0. The van der Waals surface area contributed by atoms with Gasteiger partial charge in [-0.1, -0.05) is 0 Å². The van der Waals surface area contributed by atoms with Crippen LogP contribution in [0.4, 0.5) is 0 Å². The molecule has 0 amide bonds. The van der Waals surface area contributed by atoms with Crippen LogP contribution >= 0.6 is 0 Å². The van der Waals surface area contributed by atoms with Gasteiger partial charge in [-0.3, -0.25) is 4.79 Å². The predicted molar refractivity (Wildman–Crippen MR) is 71.8 cm³/mol. The highest BCUT2D eigenvalue weighted by molar-refractivity contribution is 6.71. The van der Waals surface area contributed by atoms with Crippen LogP contribution in [0.1, 0.15) is 6.92 Å². The fourth-order valence-corrected chi connectivity index (χ4v) is 2.72. The molecule has 0 aromatic carbocycles. The van der Waals surface area contributed by atoms with Crippen LogP contribution in [-0.2, 0) is 13.6 Å². The minimum atomic E-state index is -1.79. The first-order chi connectivity index (χ1) is 6.99. The molecule has 0 rings (SSSR count). The van der Waals surface area contributed by atoms with Crippen LogP contribution in [0, 0.1) is 0 Å². The summed E-state index contributed by atoms with van der Waals surface area (Å²) >= 11 is 0. The molecule has 0 saturated heterocycles. The molecule has 0 aliphatic carbocycles. The molecule has 16 heavy (non-hydrogen) atoms. The number of rotatable bonds is 4. The number of nitrogens with zero attached hydrogens (tertiary/aromatic N) is 1. The molecule has 94 valence electrons. The molecule has 0 heterocycles. The van der Waals surface area contributed by atoms with Gasteiger partial charge in [-0.15, -0.1) is 0 Å². The second-order valence-electron chi connectivity index (χ2n) is 5.64. The third-order valence-electron chi connectivity index (χ3n) is 1.30. The first-order valence-electron chi connectivity index (χ1n) is 5.41. The lowest BCUT2D eigenvalue weighted by atomic mass is 10.6.